The molecule has 4 N–H and O–H groups in total. The number of H-pyrrole nitrogens is 1. The molecule has 0 aromatic carbocycles. The van der Waals surface area contributed by atoms with Crippen molar-refractivity contribution in [3.8, 4) is 0 Å². The SMILES string of the molecule is Nc1cnc(C(=O)Nc2cn[nH]c2)s1. The van der Waals surface area contributed by atoms with Crippen molar-refractivity contribution in [3.05, 3.63) is 23.6 Å². The molecule has 6 nitrogen and oxygen atoms in total. The second kappa shape index (κ2) is 3.46. The van der Waals surface area contributed by atoms with Crippen LogP contribution >= 0.6 is 11.3 Å². The normalized spacial score (nSPS) is 10.0. The van der Waals surface area contributed by atoms with Crippen LogP contribution in [0.4, 0.5) is 10.7 Å². The number of nitrogens with two attached hydrogens (primary N) is 1. The molecule has 0 aliphatic carbocycles. The van der Waals surface area contributed by atoms with E-state index in [9.17, 15) is 4.79 Å². The molecule has 2 heterocycles. The number of thiazole rings is 1. The fourth-order valence-electron chi connectivity index (χ4n) is 0.895. The number of aromatic nitrogens is 3. The first-order valence-corrected chi connectivity index (χ1v) is 4.59. The Labute approximate surface area is 83.2 Å². The van der Waals surface area contributed by atoms with E-state index in [4.69, 9.17) is 5.73 Å². The van der Waals surface area contributed by atoms with E-state index in [0.717, 1.165) is 11.3 Å². The first kappa shape index (κ1) is 8.70. The minimum absolute atomic E-state index is 0.284. The molecule has 2 aromatic heterocycles. The van der Waals surface area contributed by atoms with Crippen LogP contribution < -0.4 is 11.1 Å². The molecule has 0 aliphatic heterocycles. The van der Waals surface area contributed by atoms with Gasteiger partial charge in [-0.2, -0.15) is 5.10 Å². The molecule has 0 saturated carbocycles. The van der Waals surface area contributed by atoms with Gasteiger partial charge in [-0.1, -0.05) is 11.3 Å². The third kappa shape index (κ3) is 1.72. The Morgan fingerprint density at radius 1 is 1.57 bits per heavy atom. The lowest BCUT2D eigenvalue weighted by molar-refractivity contribution is 0.102. The predicted molar refractivity (Wildman–Crippen MR) is 53.1 cm³/mol. The topological polar surface area (TPSA) is 96.7 Å². The van der Waals surface area contributed by atoms with Gasteiger partial charge in [0.05, 0.1) is 18.1 Å². The van der Waals surface area contributed by atoms with E-state index >= 15 is 0 Å². The van der Waals surface area contributed by atoms with Crippen LogP contribution in [0.2, 0.25) is 0 Å². The van der Waals surface area contributed by atoms with Crippen molar-refractivity contribution >= 4 is 27.9 Å². The Balaban J connectivity index is 2.10. The van der Waals surface area contributed by atoms with E-state index in [0.29, 0.717) is 15.7 Å². The largest absolute Gasteiger partial charge is 0.389 e. The summed E-state index contributed by atoms with van der Waals surface area (Å²) in [6.45, 7) is 0. The van der Waals surface area contributed by atoms with Gasteiger partial charge in [0.2, 0.25) is 0 Å². The highest BCUT2D eigenvalue weighted by atomic mass is 32.1. The molecule has 0 bridgehead atoms. The van der Waals surface area contributed by atoms with Crippen LogP contribution in [0.15, 0.2) is 18.6 Å². The molecule has 0 spiro atoms. The first-order valence-electron chi connectivity index (χ1n) is 3.77. The van der Waals surface area contributed by atoms with Crippen LogP contribution in [-0.2, 0) is 0 Å². The molecule has 0 aliphatic rings. The average Bonchev–Trinajstić information content (AvgIpc) is 2.75. The third-order valence-corrected chi connectivity index (χ3v) is 2.30. The quantitative estimate of drug-likeness (QED) is 0.678. The fourth-order valence-corrected chi connectivity index (χ4v) is 1.47. The number of carbonyl (C=O) groups excluding carboxylic acids is 1. The van der Waals surface area contributed by atoms with Gasteiger partial charge in [0.25, 0.3) is 5.91 Å². The van der Waals surface area contributed by atoms with Gasteiger partial charge in [-0.3, -0.25) is 9.89 Å². The Morgan fingerprint density at radius 2 is 2.43 bits per heavy atom. The lowest BCUT2D eigenvalue weighted by atomic mass is 10.5. The summed E-state index contributed by atoms with van der Waals surface area (Å²) in [5.41, 5.74) is 6.05. The summed E-state index contributed by atoms with van der Waals surface area (Å²) < 4.78 is 0. The maximum Gasteiger partial charge on any atom is 0.284 e. The van der Waals surface area contributed by atoms with Gasteiger partial charge in [0.1, 0.15) is 5.00 Å². The zero-order valence-electron chi connectivity index (χ0n) is 7.02. The Hall–Kier alpha value is -1.89. The van der Waals surface area contributed by atoms with Gasteiger partial charge in [0, 0.05) is 6.20 Å². The van der Waals surface area contributed by atoms with Crippen molar-refractivity contribution in [2.24, 2.45) is 0 Å². The summed E-state index contributed by atoms with van der Waals surface area (Å²) >= 11 is 1.14. The summed E-state index contributed by atoms with van der Waals surface area (Å²) in [5.74, 6) is -0.284. The average molecular weight is 209 g/mol. The molecular formula is C7H7N5OS. The molecule has 14 heavy (non-hydrogen) atoms. The highest BCUT2D eigenvalue weighted by Crippen LogP contribution is 2.15. The van der Waals surface area contributed by atoms with Gasteiger partial charge >= 0.3 is 0 Å². The highest BCUT2D eigenvalue weighted by Gasteiger charge is 2.10. The minimum Gasteiger partial charge on any atom is -0.389 e. The van der Waals surface area contributed by atoms with Crippen LogP contribution in [0.25, 0.3) is 0 Å². The fraction of sp³-hybridized carbons (Fsp3) is 0. The summed E-state index contributed by atoms with van der Waals surface area (Å²) in [4.78, 5) is 15.3. The Morgan fingerprint density at radius 3 is 3.00 bits per heavy atom. The predicted octanol–water partition coefficient (Wildman–Crippen LogP) is 0.701. The van der Waals surface area contributed by atoms with Crippen molar-refractivity contribution in [2.45, 2.75) is 0 Å². The minimum atomic E-state index is -0.284. The van der Waals surface area contributed by atoms with Gasteiger partial charge < -0.3 is 11.1 Å². The number of rotatable bonds is 2. The smallest absolute Gasteiger partial charge is 0.284 e. The summed E-state index contributed by atoms with van der Waals surface area (Å²) in [5, 5.41) is 9.74. The molecular weight excluding hydrogens is 202 g/mol. The van der Waals surface area contributed by atoms with Gasteiger partial charge in [-0.25, -0.2) is 4.98 Å². The highest BCUT2D eigenvalue weighted by molar-refractivity contribution is 7.17. The third-order valence-electron chi connectivity index (χ3n) is 1.47. The number of nitrogens with zero attached hydrogens (tertiary/aromatic N) is 2. The van der Waals surface area contributed by atoms with E-state index in [1.807, 2.05) is 0 Å². The Kier molecular flexibility index (Phi) is 2.15. The molecule has 0 radical (unpaired) electrons. The zero-order valence-corrected chi connectivity index (χ0v) is 7.84. The monoisotopic (exact) mass is 209 g/mol. The summed E-state index contributed by atoms with van der Waals surface area (Å²) in [6, 6.07) is 0. The van der Waals surface area contributed by atoms with Crippen molar-refractivity contribution in [1.82, 2.24) is 15.2 Å². The molecule has 0 atom stereocenters. The summed E-state index contributed by atoms with van der Waals surface area (Å²) in [6.07, 6.45) is 4.54. The van der Waals surface area contributed by atoms with Crippen molar-refractivity contribution in [3.63, 3.8) is 0 Å². The second-order valence-electron chi connectivity index (χ2n) is 2.51. The summed E-state index contributed by atoms with van der Waals surface area (Å²) in [7, 11) is 0. The van der Waals surface area contributed by atoms with Crippen LogP contribution in [-0.4, -0.2) is 21.1 Å². The molecule has 1 amide bonds. The lowest BCUT2D eigenvalue weighted by Crippen LogP contribution is -2.10. The van der Waals surface area contributed by atoms with Crippen LogP contribution in [0, 0.1) is 0 Å². The van der Waals surface area contributed by atoms with E-state index in [-0.39, 0.29) is 5.91 Å². The molecule has 0 unspecified atom stereocenters. The van der Waals surface area contributed by atoms with Crippen LogP contribution in [0.3, 0.4) is 0 Å². The first-order chi connectivity index (χ1) is 6.75. The lowest BCUT2D eigenvalue weighted by Gasteiger charge is -1.96. The molecule has 2 aromatic rings. The van der Waals surface area contributed by atoms with Gasteiger partial charge in [-0.15, -0.1) is 0 Å². The molecule has 7 heteroatoms. The number of hydrogen-bond acceptors (Lipinski definition) is 5. The number of nitrogen functional groups attached to an aromatic ring is 1. The van der Waals surface area contributed by atoms with Gasteiger partial charge in [-0.05, 0) is 0 Å². The number of hydrogen-bond donors (Lipinski definition) is 3. The number of amides is 1. The van der Waals surface area contributed by atoms with E-state index in [1.165, 1.54) is 12.4 Å². The van der Waals surface area contributed by atoms with Crippen molar-refractivity contribution in [1.29, 1.82) is 0 Å². The van der Waals surface area contributed by atoms with Gasteiger partial charge in [0.15, 0.2) is 5.01 Å². The van der Waals surface area contributed by atoms with Crippen LogP contribution in [0.5, 0.6) is 0 Å². The maximum absolute atomic E-state index is 11.5. The zero-order chi connectivity index (χ0) is 9.97. The van der Waals surface area contributed by atoms with E-state index in [1.54, 1.807) is 6.20 Å². The molecule has 0 saturated heterocycles. The standard InChI is InChI=1S/C7H7N5OS/c8-5-3-9-7(14-5)6(13)12-4-1-10-11-2-4/h1-3H,8H2,(H,10,11)(H,12,13). The number of carbonyl (C=O) groups is 1. The second-order valence-corrected chi connectivity index (χ2v) is 3.57. The maximum atomic E-state index is 11.5. The van der Waals surface area contributed by atoms with E-state index < -0.39 is 0 Å². The number of anilines is 2. The van der Waals surface area contributed by atoms with Crippen molar-refractivity contribution < 1.29 is 4.79 Å². The van der Waals surface area contributed by atoms with Crippen LogP contribution in [0.1, 0.15) is 9.80 Å². The Bertz CT molecular complexity index is 435. The van der Waals surface area contributed by atoms with E-state index in [2.05, 4.69) is 20.5 Å². The number of nitrogens with one attached hydrogen (secondary N) is 2. The molecule has 0 fully saturated rings. The molecule has 2 rings (SSSR count). The molecule has 72 valence electrons. The number of aromatic amines is 1. The van der Waals surface area contributed by atoms with Crippen molar-refractivity contribution in [2.75, 3.05) is 11.1 Å².